The number of aromatic nitrogens is 2. The summed E-state index contributed by atoms with van der Waals surface area (Å²) in [6, 6.07) is 14.6. The normalized spacial score (nSPS) is 10.7. The van der Waals surface area contributed by atoms with Gasteiger partial charge in [0.05, 0.1) is 5.52 Å². The maximum absolute atomic E-state index is 11.3. The largest absolute Gasteiger partial charge is 0.477 e. The van der Waals surface area contributed by atoms with Crippen molar-refractivity contribution in [3.05, 3.63) is 60.4 Å². The summed E-state index contributed by atoms with van der Waals surface area (Å²) < 4.78 is 1.65. The molecule has 0 amide bonds. The zero-order valence-corrected chi connectivity index (χ0v) is 9.45. The van der Waals surface area contributed by atoms with Crippen molar-refractivity contribution in [1.82, 2.24) is 9.55 Å². The molecule has 0 radical (unpaired) electrons. The first kappa shape index (κ1) is 10.5. The Hall–Kier alpha value is -2.62. The first-order valence-corrected chi connectivity index (χ1v) is 5.52. The van der Waals surface area contributed by atoms with Gasteiger partial charge in [0, 0.05) is 11.6 Å². The van der Waals surface area contributed by atoms with Crippen LogP contribution in [0.4, 0.5) is 0 Å². The molecular formula is C14H10N2O2. The lowest BCUT2D eigenvalue weighted by molar-refractivity contribution is 0.0688. The average Bonchev–Trinajstić information content (AvgIpc) is 2.79. The van der Waals surface area contributed by atoms with Gasteiger partial charge in [-0.15, -0.1) is 0 Å². The predicted molar refractivity (Wildman–Crippen MR) is 68.0 cm³/mol. The number of hydrogen-bond donors (Lipinski definition) is 1. The van der Waals surface area contributed by atoms with E-state index in [1.165, 1.54) is 0 Å². The van der Waals surface area contributed by atoms with Crippen molar-refractivity contribution in [3.63, 3.8) is 0 Å². The van der Waals surface area contributed by atoms with E-state index in [2.05, 4.69) is 4.98 Å². The summed E-state index contributed by atoms with van der Waals surface area (Å²) in [7, 11) is 0. The van der Waals surface area contributed by atoms with Crippen molar-refractivity contribution in [1.29, 1.82) is 0 Å². The smallest absolute Gasteiger partial charge is 0.352 e. The van der Waals surface area contributed by atoms with Crippen LogP contribution in [0, 0.1) is 0 Å². The van der Waals surface area contributed by atoms with E-state index in [-0.39, 0.29) is 5.69 Å². The molecule has 0 fully saturated rings. The standard InChI is InChI=1S/C14H10N2O2/c17-14(18)12-9-10-5-1-2-6-11(10)16(12)13-7-3-4-8-15-13/h1-9H,(H,17,18). The molecule has 0 aliphatic heterocycles. The molecule has 0 spiro atoms. The van der Waals surface area contributed by atoms with Gasteiger partial charge in [-0.1, -0.05) is 24.3 Å². The minimum absolute atomic E-state index is 0.218. The Morgan fingerprint density at radius 2 is 1.89 bits per heavy atom. The van der Waals surface area contributed by atoms with Crippen molar-refractivity contribution in [2.75, 3.05) is 0 Å². The maximum Gasteiger partial charge on any atom is 0.352 e. The molecule has 4 heteroatoms. The van der Waals surface area contributed by atoms with Crippen LogP contribution >= 0.6 is 0 Å². The fourth-order valence-electron chi connectivity index (χ4n) is 2.05. The minimum atomic E-state index is -0.961. The Morgan fingerprint density at radius 1 is 1.11 bits per heavy atom. The van der Waals surface area contributed by atoms with Crippen LogP contribution in [0.2, 0.25) is 0 Å². The lowest BCUT2D eigenvalue weighted by Gasteiger charge is -2.06. The van der Waals surface area contributed by atoms with Crippen LogP contribution in [0.3, 0.4) is 0 Å². The molecule has 0 bridgehead atoms. The number of carboxylic acid groups (broad SMARTS) is 1. The summed E-state index contributed by atoms with van der Waals surface area (Å²) in [5.41, 5.74) is 1.06. The van der Waals surface area contributed by atoms with Gasteiger partial charge in [-0.3, -0.25) is 4.57 Å². The third kappa shape index (κ3) is 1.55. The van der Waals surface area contributed by atoms with Gasteiger partial charge < -0.3 is 5.11 Å². The lowest BCUT2D eigenvalue weighted by Crippen LogP contribution is -2.07. The van der Waals surface area contributed by atoms with Crippen LogP contribution in [0.5, 0.6) is 0 Å². The average molecular weight is 238 g/mol. The topological polar surface area (TPSA) is 55.1 Å². The van der Waals surface area contributed by atoms with E-state index >= 15 is 0 Å². The van der Waals surface area contributed by atoms with Crippen molar-refractivity contribution < 1.29 is 9.90 Å². The SMILES string of the molecule is O=C(O)c1cc2ccccc2n1-c1ccccn1. The lowest BCUT2D eigenvalue weighted by atomic mass is 10.2. The molecule has 2 aromatic heterocycles. The number of benzene rings is 1. The molecule has 4 nitrogen and oxygen atoms in total. The molecule has 0 atom stereocenters. The van der Waals surface area contributed by atoms with E-state index in [1.807, 2.05) is 30.3 Å². The third-order valence-electron chi connectivity index (χ3n) is 2.81. The molecule has 1 N–H and O–H groups in total. The molecule has 3 rings (SSSR count). The highest BCUT2D eigenvalue weighted by Crippen LogP contribution is 2.23. The molecule has 18 heavy (non-hydrogen) atoms. The second kappa shape index (κ2) is 4.00. The second-order valence-corrected chi connectivity index (χ2v) is 3.92. The van der Waals surface area contributed by atoms with Crippen LogP contribution in [0.25, 0.3) is 16.7 Å². The number of pyridine rings is 1. The molecule has 2 heterocycles. The molecule has 1 aromatic carbocycles. The quantitative estimate of drug-likeness (QED) is 0.746. The van der Waals surface area contributed by atoms with Gasteiger partial charge in [0.2, 0.25) is 0 Å². The number of carboxylic acids is 1. The summed E-state index contributed by atoms with van der Waals surface area (Å²) in [6.07, 6.45) is 1.65. The van der Waals surface area contributed by atoms with Gasteiger partial charge in [-0.25, -0.2) is 9.78 Å². The third-order valence-corrected chi connectivity index (χ3v) is 2.81. The zero-order valence-electron chi connectivity index (χ0n) is 9.45. The molecule has 0 unspecified atom stereocenters. The van der Waals surface area contributed by atoms with Crippen LogP contribution in [0.15, 0.2) is 54.7 Å². The number of nitrogens with zero attached hydrogens (tertiary/aromatic N) is 2. The van der Waals surface area contributed by atoms with E-state index in [0.29, 0.717) is 5.82 Å². The van der Waals surface area contributed by atoms with Crippen LogP contribution in [-0.2, 0) is 0 Å². The Labute approximate surface area is 103 Å². The van der Waals surface area contributed by atoms with Gasteiger partial charge >= 0.3 is 5.97 Å². The maximum atomic E-state index is 11.3. The van der Waals surface area contributed by atoms with Gasteiger partial charge in [-0.05, 0) is 24.3 Å². The highest BCUT2D eigenvalue weighted by atomic mass is 16.4. The fraction of sp³-hybridized carbons (Fsp3) is 0. The van der Waals surface area contributed by atoms with E-state index in [4.69, 9.17) is 0 Å². The van der Waals surface area contributed by atoms with Gasteiger partial charge in [0.1, 0.15) is 11.5 Å². The predicted octanol–water partition coefficient (Wildman–Crippen LogP) is 2.72. The highest BCUT2D eigenvalue weighted by molar-refractivity contribution is 5.95. The second-order valence-electron chi connectivity index (χ2n) is 3.92. The Balaban J connectivity index is 2.38. The summed E-state index contributed by atoms with van der Waals surface area (Å²) >= 11 is 0. The molecular weight excluding hydrogens is 228 g/mol. The van der Waals surface area contributed by atoms with Crippen LogP contribution in [0.1, 0.15) is 10.5 Å². The van der Waals surface area contributed by atoms with E-state index in [1.54, 1.807) is 29.0 Å². The number of aromatic carboxylic acids is 1. The van der Waals surface area contributed by atoms with Crippen LogP contribution < -0.4 is 0 Å². The molecule has 0 saturated carbocycles. The summed E-state index contributed by atoms with van der Waals surface area (Å²) in [5.74, 6) is -0.354. The molecule has 0 aliphatic carbocycles. The fourth-order valence-corrected chi connectivity index (χ4v) is 2.05. The number of carbonyl (C=O) groups is 1. The van der Waals surface area contributed by atoms with Crippen molar-refractivity contribution in [2.24, 2.45) is 0 Å². The van der Waals surface area contributed by atoms with Crippen molar-refractivity contribution in [2.45, 2.75) is 0 Å². The number of rotatable bonds is 2. The summed E-state index contributed by atoms with van der Waals surface area (Å²) in [5, 5.41) is 10.2. The summed E-state index contributed by atoms with van der Waals surface area (Å²) in [6.45, 7) is 0. The number of fused-ring (bicyclic) bond motifs is 1. The minimum Gasteiger partial charge on any atom is -0.477 e. The molecule has 88 valence electrons. The molecule has 0 saturated heterocycles. The number of para-hydroxylation sites is 1. The van der Waals surface area contributed by atoms with Gasteiger partial charge in [0.15, 0.2) is 0 Å². The van der Waals surface area contributed by atoms with Crippen molar-refractivity contribution in [3.8, 4) is 5.82 Å². The Bertz CT molecular complexity index is 717. The van der Waals surface area contributed by atoms with E-state index in [0.717, 1.165) is 10.9 Å². The van der Waals surface area contributed by atoms with Crippen LogP contribution in [-0.4, -0.2) is 20.6 Å². The first-order chi connectivity index (χ1) is 8.77. The van der Waals surface area contributed by atoms with Gasteiger partial charge in [-0.2, -0.15) is 0 Å². The molecule has 3 aromatic rings. The van der Waals surface area contributed by atoms with Gasteiger partial charge in [0.25, 0.3) is 0 Å². The Morgan fingerprint density at radius 3 is 2.61 bits per heavy atom. The van der Waals surface area contributed by atoms with E-state index < -0.39 is 5.97 Å². The Kier molecular flexibility index (Phi) is 2.34. The summed E-state index contributed by atoms with van der Waals surface area (Å²) in [4.78, 5) is 15.5. The number of hydrogen-bond acceptors (Lipinski definition) is 2. The zero-order chi connectivity index (χ0) is 12.5. The monoisotopic (exact) mass is 238 g/mol. The van der Waals surface area contributed by atoms with E-state index in [9.17, 15) is 9.90 Å². The highest BCUT2D eigenvalue weighted by Gasteiger charge is 2.15. The molecule has 0 aliphatic rings. The first-order valence-electron chi connectivity index (χ1n) is 5.52. The van der Waals surface area contributed by atoms with Crippen molar-refractivity contribution >= 4 is 16.9 Å².